The minimum Gasteiger partial charge on any atom is -0.467 e. The topological polar surface area (TPSA) is 81.4 Å². The minimum atomic E-state index is -0.182. The summed E-state index contributed by atoms with van der Waals surface area (Å²) >= 11 is 0. The molecule has 128 valence electrons. The fourth-order valence-corrected chi connectivity index (χ4v) is 3.15. The molecule has 1 aliphatic carbocycles. The number of fused-ring (bicyclic) bond motifs is 2. The molecule has 0 saturated heterocycles. The average molecular weight is 337 g/mol. The molecule has 0 fully saturated rings. The third kappa shape index (κ3) is 3.31. The molecule has 25 heavy (non-hydrogen) atoms. The molecule has 2 heterocycles. The van der Waals surface area contributed by atoms with Gasteiger partial charge in [-0.1, -0.05) is 18.2 Å². The van der Waals surface area contributed by atoms with Gasteiger partial charge in [-0.05, 0) is 48.9 Å². The van der Waals surface area contributed by atoms with Crippen LogP contribution in [0.4, 0.5) is 0 Å². The number of amides is 1. The summed E-state index contributed by atoms with van der Waals surface area (Å²) in [6.07, 6.45) is 4.99. The fraction of sp³-hybridized carbons (Fsp3) is 0.333. The van der Waals surface area contributed by atoms with Crippen LogP contribution >= 0.6 is 0 Å². The number of ether oxygens (including phenoxy) is 1. The first-order chi connectivity index (χ1) is 12.2. The van der Waals surface area contributed by atoms with E-state index in [0.717, 1.165) is 18.4 Å². The second-order valence-corrected chi connectivity index (χ2v) is 6.26. The monoisotopic (exact) mass is 337 g/mol. The van der Waals surface area contributed by atoms with Crippen molar-refractivity contribution in [1.82, 2.24) is 25.1 Å². The Morgan fingerprint density at radius 1 is 1.28 bits per heavy atom. The van der Waals surface area contributed by atoms with Gasteiger partial charge in [0.15, 0.2) is 12.3 Å². The second kappa shape index (κ2) is 6.51. The smallest absolute Gasteiger partial charge is 0.258 e. The predicted octanol–water partition coefficient (Wildman–Crippen LogP) is 1.87. The van der Waals surface area contributed by atoms with Crippen LogP contribution in [0.1, 0.15) is 36.1 Å². The number of benzene rings is 1. The minimum absolute atomic E-state index is 0.0599. The van der Waals surface area contributed by atoms with Crippen LogP contribution in [-0.2, 0) is 17.6 Å². The largest absolute Gasteiger partial charge is 0.467 e. The lowest BCUT2D eigenvalue weighted by molar-refractivity contribution is -0.123. The van der Waals surface area contributed by atoms with Crippen molar-refractivity contribution in [3.05, 3.63) is 53.3 Å². The molecule has 4 rings (SSSR count). The number of nitrogens with one attached hydrogen (secondary N) is 1. The van der Waals surface area contributed by atoms with Crippen LogP contribution in [0.2, 0.25) is 0 Å². The Hall–Kier alpha value is -2.96. The zero-order valence-corrected chi connectivity index (χ0v) is 14.0. The van der Waals surface area contributed by atoms with E-state index >= 15 is 0 Å². The molecule has 2 aromatic heterocycles. The van der Waals surface area contributed by atoms with Crippen LogP contribution in [0.15, 0.2) is 36.7 Å². The summed E-state index contributed by atoms with van der Waals surface area (Å²) in [6.45, 7) is 1.89. The number of aryl methyl sites for hydroxylation is 2. The number of hydrogen-bond acceptors (Lipinski definition) is 5. The fourth-order valence-electron chi connectivity index (χ4n) is 3.15. The standard InChI is InChI=1S/C18H19N5O2/c1-12(14-6-5-13-3-2-4-15(13)9-14)20-17(24)10-25-18-8-7-16-21-19-11-23(16)22-18/h5-9,11-12H,2-4,10H2,1H3,(H,20,24). The molecule has 0 radical (unpaired) electrons. The summed E-state index contributed by atoms with van der Waals surface area (Å²) < 4.78 is 6.96. The Morgan fingerprint density at radius 3 is 3.08 bits per heavy atom. The number of hydrogen-bond donors (Lipinski definition) is 1. The maximum absolute atomic E-state index is 12.2. The van der Waals surface area contributed by atoms with E-state index in [4.69, 9.17) is 4.74 Å². The zero-order chi connectivity index (χ0) is 17.2. The van der Waals surface area contributed by atoms with Crippen molar-refractivity contribution in [1.29, 1.82) is 0 Å². The summed E-state index contributed by atoms with van der Waals surface area (Å²) in [7, 11) is 0. The molecule has 1 N–H and O–H groups in total. The first kappa shape index (κ1) is 15.6. The summed E-state index contributed by atoms with van der Waals surface area (Å²) in [5, 5.41) is 14.8. The van der Waals surface area contributed by atoms with E-state index in [1.807, 2.05) is 6.92 Å². The predicted molar refractivity (Wildman–Crippen MR) is 91.3 cm³/mol. The van der Waals surface area contributed by atoms with Gasteiger partial charge in [-0.25, -0.2) is 0 Å². The molecule has 7 heteroatoms. The SMILES string of the molecule is CC(NC(=O)COc1ccc2nncn2n1)c1ccc2c(c1)CCC2. The highest BCUT2D eigenvalue weighted by atomic mass is 16.5. The highest BCUT2D eigenvalue weighted by Crippen LogP contribution is 2.25. The molecule has 0 spiro atoms. The molecule has 1 aromatic carbocycles. The van der Waals surface area contributed by atoms with Gasteiger partial charge < -0.3 is 10.1 Å². The molecule has 1 amide bonds. The van der Waals surface area contributed by atoms with Crippen molar-refractivity contribution >= 4 is 11.6 Å². The van der Waals surface area contributed by atoms with Crippen LogP contribution in [-0.4, -0.2) is 32.3 Å². The van der Waals surface area contributed by atoms with Gasteiger partial charge in [-0.2, -0.15) is 4.52 Å². The third-order valence-electron chi connectivity index (χ3n) is 4.49. The first-order valence-corrected chi connectivity index (χ1v) is 8.40. The van der Waals surface area contributed by atoms with Crippen LogP contribution < -0.4 is 10.1 Å². The molecule has 1 unspecified atom stereocenters. The van der Waals surface area contributed by atoms with Crippen LogP contribution in [0.5, 0.6) is 5.88 Å². The number of nitrogens with zero attached hydrogens (tertiary/aromatic N) is 4. The highest BCUT2D eigenvalue weighted by Gasteiger charge is 2.15. The van der Waals surface area contributed by atoms with Crippen molar-refractivity contribution < 1.29 is 9.53 Å². The summed E-state index contributed by atoms with van der Waals surface area (Å²) in [5.74, 6) is 0.172. The number of carbonyl (C=O) groups is 1. The Bertz CT molecular complexity index is 921. The Balaban J connectivity index is 1.35. The van der Waals surface area contributed by atoms with E-state index in [1.54, 1.807) is 12.1 Å². The molecule has 0 aliphatic heterocycles. The Morgan fingerprint density at radius 2 is 2.16 bits per heavy atom. The van der Waals surface area contributed by atoms with Crippen molar-refractivity contribution in [2.75, 3.05) is 6.61 Å². The maximum Gasteiger partial charge on any atom is 0.258 e. The molecule has 1 atom stereocenters. The molecule has 3 aromatic rings. The molecule has 7 nitrogen and oxygen atoms in total. The molecular weight excluding hydrogens is 318 g/mol. The van der Waals surface area contributed by atoms with E-state index in [1.165, 1.54) is 28.4 Å². The summed E-state index contributed by atoms with van der Waals surface area (Å²) in [4.78, 5) is 12.2. The van der Waals surface area contributed by atoms with Gasteiger partial charge in [0.1, 0.15) is 6.33 Å². The van der Waals surface area contributed by atoms with Crippen molar-refractivity contribution in [3.8, 4) is 5.88 Å². The van der Waals surface area contributed by atoms with E-state index in [2.05, 4.69) is 38.8 Å². The van der Waals surface area contributed by atoms with Crippen LogP contribution in [0, 0.1) is 0 Å². The lowest BCUT2D eigenvalue weighted by atomic mass is 10.0. The normalized spacial score (nSPS) is 14.3. The van der Waals surface area contributed by atoms with E-state index in [-0.39, 0.29) is 18.6 Å². The Labute approximate surface area is 145 Å². The summed E-state index contributed by atoms with van der Waals surface area (Å²) in [5.41, 5.74) is 4.59. The quantitative estimate of drug-likeness (QED) is 0.769. The summed E-state index contributed by atoms with van der Waals surface area (Å²) in [6, 6.07) is 9.82. The van der Waals surface area contributed by atoms with Crippen molar-refractivity contribution in [3.63, 3.8) is 0 Å². The van der Waals surface area contributed by atoms with Crippen LogP contribution in [0.25, 0.3) is 5.65 Å². The highest BCUT2D eigenvalue weighted by molar-refractivity contribution is 5.78. The number of carbonyl (C=O) groups excluding carboxylic acids is 1. The molecule has 0 saturated carbocycles. The molecule has 1 aliphatic rings. The van der Waals surface area contributed by atoms with E-state index in [0.29, 0.717) is 11.5 Å². The third-order valence-corrected chi connectivity index (χ3v) is 4.49. The van der Waals surface area contributed by atoms with Gasteiger partial charge in [0, 0.05) is 6.07 Å². The van der Waals surface area contributed by atoms with Gasteiger partial charge in [0.25, 0.3) is 5.91 Å². The van der Waals surface area contributed by atoms with Gasteiger partial charge in [-0.3, -0.25) is 4.79 Å². The van der Waals surface area contributed by atoms with Crippen molar-refractivity contribution in [2.24, 2.45) is 0 Å². The lowest BCUT2D eigenvalue weighted by Gasteiger charge is -2.15. The number of rotatable bonds is 5. The molecular formula is C18H19N5O2. The van der Waals surface area contributed by atoms with E-state index < -0.39 is 0 Å². The average Bonchev–Trinajstić information content (AvgIpc) is 3.27. The van der Waals surface area contributed by atoms with Gasteiger partial charge in [0.2, 0.25) is 5.88 Å². The first-order valence-electron chi connectivity index (χ1n) is 8.40. The van der Waals surface area contributed by atoms with Crippen molar-refractivity contribution in [2.45, 2.75) is 32.2 Å². The second-order valence-electron chi connectivity index (χ2n) is 6.26. The Kier molecular flexibility index (Phi) is 4.05. The molecule has 0 bridgehead atoms. The number of aromatic nitrogens is 4. The van der Waals surface area contributed by atoms with Gasteiger partial charge in [0.05, 0.1) is 6.04 Å². The lowest BCUT2D eigenvalue weighted by Crippen LogP contribution is -2.31. The maximum atomic E-state index is 12.2. The van der Waals surface area contributed by atoms with Crippen LogP contribution in [0.3, 0.4) is 0 Å². The van der Waals surface area contributed by atoms with E-state index in [9.17, 15) is 4.79 Å². The zero-order valence-electron chi connectivity index (χ0n) is 14.0. The van der Waals surface area contributed by atoms with Gasteiger partial charge in [-0.15, -0.1) is 15.3 Å². The van der Waals surface area contributed by atoms with Gasteiger partial charge >= 0.3 is 0 Å².